The van der Waals surface area contributed by atoms with Gasteiger partial charge in [-0.1, -0.05) is 31.0 Å². The molecule has 0 heterocycles. The molecule has 0 spiro atoms. The summed E-state index contributed by atoms with van der Waals surface area (Å²) in [5.74, 6) is 5.61. The SMILES string of the molecule is CCCCC(O)[N+](C)(C)N.Cc1ccc(S(=O)(=O)[O-])cc1. The number of aliphatic hydroxyl groups excluding tert-OH is 1. The third-order valence-electron chi connectivity index (χ3n) is 2.89. The van der Waals surface area contributed by atoms with Crippen LogP contribution in [0.1, 0.15) is 31.7 Å². The maximum Gasteiger partial charge on any atom is 0.207 e. The molecule has 0 saturated carbocycles. The zero-order valence-corrected chi connectivity index (χ0v) is 13.9. The molecule has 0 aliphatic heterocycles. The highest BCUT2D eigenvalue weighted by atomic mass is 32.2. The molecule has 1 rings (SSSR count). The summed E-state index contributed by atoms with van der Waals surface area (Å²) < 4.78 is 31.3. The summed E-state index contributed by atoms with van der Waals surface area (Å²) in [5, 5.41) is 9.36. The molecule has 3 N–H and O–H groups in total. The van der Waals surface area contributed by atoms with E-state index in [0.29, 0.717) is 0 Å². The quantitative estimate of drug-likeness (QED) is 0.280. The Balaban J connectivity index is 0.000000384. The van der Waals surface area contributed by atoms with E-state index in [1.165, 1.54) is 12.1 Å². The first-order valence-electron chi connectivity index (χ1n) is 6.81. The maximum atomic E-state index is 10.4. The van der Waals surface area contributed by atoms with Gasteiger partial charge in [0, 0.05) is 6.42 Å². The normalized spacial score (nSPS) is 13.3. The van der Waals surface area contributed by atoms with Gasteiger partial charge in [0.15, 0.2) is 0 Å². The van der Waals surface area contributed by atoms with Crippen molar-refractivity contribution in [2.24, 2.45) is 5.84 Å². The van der Waals surface area contributed by atoms with Crippen molar-refractivity contribution in [3.63, 3.8) is 0 Å². The number of nitrogens with zero attached hydrogens (tertiary/aromatic N) is 1. The zero-order chi connectivity index (χ0) is 16.7. The van der Waals surface area contributed by atoms with E-state index in [1.807, 2.05) is 6.92 Å². The van der Waals surface area contributed by atoms with Crippen molar-refractivity contribution in [3.05, 3.63) is 29.8 Å². The van der Waals surface area contributed by atoms with Crippen LogP contribution in [0.25, 0.3) is 0 Å². The van der Waals surface area contributed by atoms with Gasteiger partial charge >= 0.3 is 0 Å². The number of rotatable bonds is 5. The van der Waals surface area contributed by atoms with Gasteiger partial charge < -0.3 is 9.66 Å². The van der Waals surface area contributed by atoms with Crippen molar-refractivity contribution < 1.29 is 22.7 Å². The van der Waals surface area contributed by atoms with Crippen LogP contribution in [0.15, 0.2) is 29.2 Å². The third-order valence-corrected chi connectivity index (χ3v) is 3.74. The maximum absolute atomic E-state index is 10.4. The van der Waals surface area contributed by atoms with Gasteiger partial charge in [0.2, 0.25) is 6.23 Å². The standard InChI is InChI=1S/C7H19N2O.C7H8O3S/c1-4-5-6-7(10)9(2,3)8;1-6-2-4-7(5-3-6)11(8,9)10/h7,10H,4-6,8H2,1-3H3;2-5H,1H3,(H,8,9,10)/q+1;/p-1. The molecule has 0 aliphatic rings. The Bertz CT molecular complexity index is 507. The van der Waals surface area contributed by atoms with Crippen LogP contribution in [0, 0.1) is 6.92 Å². The van der Waals surface area contributed by atoms with E-state index >= 15 is 0 Å². The summed E-state index contributed by atoms with van der Waals surface area (Å²) >= 11 is 0. The number of benzene rings is 1. The number of hydrogen-bond donors (Lipinski definition) is 2. The van der Waals surface area contributed by atoms with Crippen molar-refractivity contribution in [2.75, 3.05) is 14.1 Å². The van der Waals surface area contributed by atoms with Gasteiger partial charge in [-0.05, 0) is 25.5 Å². The smallest absolute Gasteiger partial charge is 0.207 e. The number of unbranched alkanes of at least 4 members (excludes halogenated alkanes) is 1. The summed E-state index contributed by atoms with van der Waals surface area (Å²) in [7, 11) is -0.686. The topological polar surface area (TPSA) is 103 Å². The highest BCUT2D eigenvalue weighted by Gasteiger charge is 2.20. The lowest BCUT2D eigenvalue weighted by Crippen LogP contribution is -2.54. The van der Waals surface area contributed by atoms with Crippen molar-refractivity contribution in [2.45, 2.75) is 44.2 Å². The fourth-order valence-corrected chi connectivity index (χ4v) is 1.89. The monoisotopic (exact) mass is 318 g/mol. The summed E-state index contributed by atoms with van der Waals surface area (Å²) in [6.07, 6.45) is 2.52. The van der Waals surface area contributed by atoms with E-state index in [-0.39, 0.29) is 9.49 Å². The van der Waals surface area contributed by atoms with Crippen LogP contribution in [0.5, 0.6) is 0 Å². The Hall–Kier alpha value is -0.990. The van der Waals surface area contributed by atoms with Crippen LogP contribution in [0.3, 0.4) is 0 Å². The minimum atomic E-state index is -4.27. The number of aliphatic hydroxyl groups is 1. The fraction of sp³-hybridized carbons (Fsp3) is 0.571. The molecular formula is C14H26N2O4S. The largest absolute Gasteiger partial charge is 0.744 e. The number of nitrogens with two attached hydrogens (primary N) is 1. The molecule has 7 heteroatoms. The van der Waals surface area contributed by atoms with Gasteiger partial charge in [-0.3, -0.25) is 0 Å². The molecule has 0 aromatic heterocycles. The molecule has 0 fully saturated rings. The molecule has 1 atom stereocenters. The van der Waals surface area contributed by atoms with Gasteiger partial charge in [0.05, 0.1) is 19.0 Å². The number of quaternary nitrogens is 1. The molecule has 0 radical (unpaired) electrons. The number of aryl methyl sites for hydroxylation is 1. The van der Waals surface area contributed by atoms with Crippen LogP contribution < -0.4 is 5.84 Å². The Morgan fingerprint density at radius 3 is 2.10 bits per heavy atom. The average molecular weight is 318 g/mol. The minimum absolute atomic E-state index is 0.153. The Kier molecular flexibility index (Phi) is 8.05. The first-order valence-corrected chi connectivity index (χ1v) is 8.22. The second kappa shape index (κ2) is 8.45. The summed E-state index contributed by atoms with van der Waals surface area (Å²) in [5.41, 5.74) is 0.928. The molecule has 0 amide bonds. The first kappa shape index (κ1) is 20.0. The second-order valence-corrected chi connectivity index (χ2v) is 6.90. The van der Waals surface area contributed by atoms with Gasteiger partial charge in [-0.2, -0.15) is 5.84 Å². The minimum Gasteiger partial charge on any atom is -0.744 e. The van der Waals surface area contributed by atoms with E-state index < -0.39 is 16.3 Å². The van der Waals surface area contributed by atoms with E-state index in [1.54, 1.807) is 26.2 Å². The van der Waals surface area contributed by atoms with Crippen LogP contribution >= 0.6 is 0 Å². The van der Waals surface area contributed by atoms with Crippen LogP contribution in [0.4, 0.5) is 0 Å². The average Bonchev–Trinajstić information content (AvgIpc) is 2.35. The van der Waals surface area contributed by atoms with Crippen molar-refractivity contribution in [1.82, 2.24) is 0 Å². The van der Waals surface area contributed by atoms with E-state index in [2.05, 4.69) is 6.92 Å². The van der Waals surface area contributed by atoms with Gasteiger partial charge in [-0.15, -0.1) is 0 Å². The van der Waals surface area contributed by atoms with Crippen LogP contribution in [-0.2, 0) is 10.1 Å². The molecule has 0 bridgehead atoms. The van der Waals surface area contributed by atoms with Crippen molar-refractivity contribution >= 4 is 10.1 Å². The predicted molar refractivity (Wildman–Crippen MR) is 81.0 cm³/mol. The van der Waals surface area contributed by atoms with Crippen molar-refractivity contribution in [1.29, 1.82) is 0 Å². The van der Waals surface area contributed by atoms with Crippen LogP contribution in [-0.4, -0.2) is 43.0 Å². The first-order chi connectivity index (χ1) is 9.48. The van der Waals surface area contributed by atoms with E-state index in [9.17, 15) is 18.1 Å². The molecule has 0 aliphatic carbocycles. The fourth-order valence-electron chi connectivity index (χ4n) is 1.42. The van der Waals surface area contributed by atoms with Gasteiger partial charge in [0.1, 0.15) is 10.1 Å². The van der Waals surface area contributed by atoms with Crippen LogP contribution in [0.2, 0.25) is 0 Å². The third kappa shape index (κ3) is 8.79. The lowest BCUT2D eigenvalue weighted by Gasteiger charge is -2.28. The predicted octanol–water partition coefficient (Wildman–Crippen LogP) is 1.34. The number of hydrogen-bond acceptors (Lipinski definition) is 5. The lowest BCUT2D eigenvalue weighted by molar-refractivity contribution is -0.948. The molecule has 1 unspecified atom stereocenters. The molecule has 1 aromatic rings. The summed E-state index contributed by atoms with van der Waals surface area (Å²) in [6, 6.07) is 5.78. The molecule has 0 saturated heterocycles. The second-order valence-electron chi connectivity index (χ2n) is 5.52. The molecule has 6 nitrogen and oxygen atoms in total. The highest BCUT2D eigenvalue weighted by Crippen LogP contribution is 2.08. The zero-order valence-electron chi connectivity index (χ0n) is 13.1. The lowest BCUT2D eigenvalue weighted by atomic mass is 10.2. The Morgan fingerprint density at radius 2 is 1.76 bits per heavy atom. The van der Waals surface area contributed by atoms with E-state index in [4.69, 9.17) is 5.84 Å². The van der Waals surface area contributed by atoms with Crippen molar-refractivity contribution in [3.8, 4) is 0 Å². The molecule has 122 valence electrons. The van der Waals surface area contributed by atoms with Gasteiger partial charge in [0.25, 0.3) is 0 Å². The summed E-state index contributed by atoms with van der Waals surface area (Å²) in [4.78, 5) is -0.178. The highest BCUT2D eigenvalue weighted by molar-refractivity contribution is 7.85. The molecule has 1 aromatic carbocycles. The van der Waals surface area contributed by atoms with Gasteiger partial charge in [-0.25, -0.2) is 13.0 Å². The molecule has 21 heavy (non-hydrogen) atoms. The Labute approximate surface area is 127 Å². The Morgan fingerprint density at radius 1 is 1.29 bits per heavy atom. The summed E-state index contributed by atoms with van der Waals surface area (Å²) in [6.45, 7) is 3.92. The van der Waals surface area contributed by atoms with E-state index in [0.717, 1.165) is 24.8 Å². The molecular weight excluding hydrogens is 292 g/mol.